The zero-order valence-corrected chi connectivity index (χ0v) is 6.13. The van der Waals surface area contributed by atoms with Crippen LogP contribution < -0.4 is 0 Å². The van der Waals surface area contributed by atoms with Crippen LogP contribution in [0.3, 0.4) is 0 Å². The molecule has 0 saturated carbocycles. The van der Waals surface area contributed by atoms with Crippen LogP contribution in [0.2, 0.25) is 0 Å². The van der Waals surface area contributed by atoms with Crippen LogP contribution in [0.1, 0.15) is 13.3 Å². The lowest BCUT2D eigenvalue weighted by Crippen LogP contribution is -2.11. The standard InChI is InChI=1S/C7H12O3/c1-6(8)10-5-7-2-3-9-4-7/h7H,2-5H2,1H3/t7-/m0/s1. The molecule has 3 heteroatoms. The highest BCUT2D eigenvalue weighted by Crippen LogP contribution is 2.11. The van der Waals surface area contributed by atoms with Crippen LogP contribution in [0.25, 0.3) is 0 Å². The van der Waals surface area contributed by atoms with Gasteiger partial charge in [-0.25, -0.2) is 0 Å². The maximum Gasteiger partial charge on any atom is 0.302 e. The van der Waals surface area contributed by atoms with Crippen LogP contribution >= 0.6 is 0 Å². The van der Waals surface area contributed by atoms with E-state index in [0.29, 0.717) is 12.5 Å². The Morgan fingerprint density at radius 3 is 3.10 bits per heavy atom. The Kier molecular flexibility index (Phi) is 2.68. The summed E-state index contributed by atoms with van der Waals surface area (Å²) in [6.45, 7) is 3.50. The van der Waals surface area contributed by atoms with Gasteiger partial charge in [0, 0.05) is 19.4 Å². The second-order valence-electron chi connectivity index (χ2n) is 2.53. The van der Waals surface area contributed by atoms with Crippen molar-refractivity contribution in [2.45, 2.75) is 13.3 Å². The summed E-state index contributed by atoms with van der Waals surface area (Å²) in [6, 6.07) is 0. The van der Waals surface area contributed by atoms with Gasteiger partial charge in [0.15, 0.2) is 0 Å². The number of hydrogen-bond acceptors (Lipinski definition) is 3. The smallest absolute Gasteiger partial charge is 0.302 e. The maximum atomic E-state index is 10.3. The van der Waals surface area contributed by atoms with Crippen molar-refractivity contribution in [3.8, 4) is 0 Å². The third kappa shape index (κ3) is 2.35. The molecule has 1 rings (SSSR count). The Morgan fingerprint density at radius 2 is 2.60 bits per heavy atom. The first kappa shape index (κ1) is 7.54. The molecule has 58 valence electrons. The van der Waals surface area contributed by atoms with Gasteiger partial charge in [0.1, 0.15) is 0 Å². The van der Waals surface area contributed by atoms with E-state index < -0.39 is 0 Å². The van der Waals surface area contributed by atoms with Gasteiger partial charge in [-0.1, -0.05) is 0 Å². The summed E-state index contributed by atoms with van der Waals surface area (Å²) >= 11 is 0. The molecule has 0 aliphatic carbocycles. The number of esters is 1. The van der Waals surface area contributed by atoms with Crippen LogP contribution in [-0.2, 0) is 14.3 Å². The molecule has 0 radical (unpaired) electrons. The van der Waals surface area contributed by atoms with E-state index in [1.807, 2.05) is 0 Å². The van der Waals surface area contributed by atoms with Gasteiger partial charge >= 0.3 is 5.97 Å². The van der Waals surface area contributed by atoms with Crippen molar-refractivity contribution in [3.05, 3.63) is 0 Å². The van der Waals surface area contributed by atoms with Crippen molar-refractivity contribution < 1.29 is 14.3 Å². The third-order valence-electron chi connectivity index (χ3n) is 1.55. The topological polar surface area (TPSA) is 35.5 Å². The summed E-state index contributed by atoms with van der Waals surface area (Å²) in [5.41, 5.74) is 0. The first-order valence-corrected chi connectivity index (χ1v) is 3.50. The zero-order valence-electron chi connectivity index (χ0n) is 6.13. The number of carbonyl (C=O) groups excluding carboxylic acids is 1. The maximum absolute atomic E-state index is 10.3. The Bertz CT molecular complexity index is 116. The molecule has 1 heterocycles. The SMILES string of the molecule is CC(=O)OC[C@H]1CCOC1. The molecule has 0 aromatic rings. The minimum Gasteiger partial charge on any atom is -0.465 e. The molecule has 0 spiro atoms. The lowest BCUT2D eigenvalue weighted by atomic mass is 10.1. The average Bonchev–Trinajstić information content (AvgIpc) is 2.34. The third-order valence-corrected chi connectivity index (χ3v) is 1.55. The van der Waals surface area contributed by atoms with Gasteiger partial charge in [-0.2, -0.15) is 0 Å². The van der Waals surface area contributed by atoms with E-state index in [-0.39, 0.29) is 5.97 Å². The minimum absolute atomic E-state index is 0.202. The summed E-state index contributed by atoms with van der Waals surface area (Å²) in [7, 11) is 0. The highest BCUT2D eigenvalue weighted by molar-refractivity contribution is 5.65. The molecule has 0 bridgehead atoms. The van der Waals surface area contributed by atoms with Crippen molar-refractivity contribution in [3.63, 3.8) is 0 Å². The predicted molar refractivity (Wildman–Crippen MR) is 35.6 cm³/mol. The molecule has 0 amide bonds. The van der Waals surface area contributed by atoms with E-state index >= 15 is 0 Å². The summed E-state index contributed by atoms with van der Waals surface area (Å²) in [5.74, 6) is 0.232. The van der Waals surface area contributed by atoms with Gasteiger partial charge in [-0.15, -0.1) is 0 Å². The van der Waals surface area contributed by atoms with Gasteiger partial charge in [0.05, 0.1) is 13.2 Å². The van der Waals surface area contributed by atoms with Crippen LogP contribution in [0.5, 0.6) is 0 Å². The van der Waals surface area contributed by atoms with Crippen molar-refractivity contribution in [2.24, 2.45) is 5.92 Å². The Labute approximate surface area is 60.3 Å². The molecule has 1 aliphatic rings. The molecular formula is C7H12O3. The fourth-order valence-electron chi connectivity index (χ4n) is 0.950. The van der Waals surface area contributed by atoms with Gasteiger partial charge in [-0.05, 0) is 6.42 Å². The first-order chi connectivity index (χ1) is 4.79. The van der Waals surface area contributed by atoms with E-state index in [1.54, 1.807) is 0 Å². The Hall–Kier alpha value is -0.570. The Balaban J connectivity index is 2.07. The predicted octanol–water partition coefficient (Wildman–Crippen LogP) is 0.586. The van der Waals surface area contributed by atoms with Crippen molar-refractivity contribution >= 4 is 5.97 Å². The van der Waals surface area contributed by atoms with E-state index in [9.17, 15) is 4.79 Å². The quantitative estimate of drug-likeness (QED) is 0.532. The summed E-state index contributed by atoms with van der Waals surface area (Å²) in [6.07, 6.45) is 1.02. The summed E-state index contributed by atoms with van der Waals surface area (Å²) in [4.78, 5) is 10.3. The second-order valence-corrected chi connectivity index (χ2v) is 2.53. The normalized spacial score (nSPS) is 24.7. The van der Waals surface area contributed by atoms with E-state index in [4.69, 9.17) is 9.47 Å². The molecule has 0 unspecified atom stereocenters. The Morgan fingerprint density at radius 1 is 1.80 bits per heavy atom. The fraction of sp³-hybridized carbons (Fsp3) is 0.857. The average molecular weight is 144 g/mol. The highest BCUT2D eigenvalue weighted by Gasteiger charge is 2.16. The first-order valence-electron chi connectivity index (χ1n) is 3.50. The fourth-order valence-corrected chi connectivity index (χ4v) is 0.950. The second kappa shape index (κ2) is 3.56. The molecule has 3 nitrogen and oxygen atoms in total. The molecular weight excluding hydrogens is 132 g/mol. The number of ether oxygens (including phenoxy) is 2. The molecule has 0 aromatic carbocycles. The monoisotopic (exact) mass is 144 g/mol. The largest absolute Gasteiger partial charge is 0.465 e. The van der Waals surface area contributed by atoms with Gasteiger partial charge in [-0.3, -0.25) is 4.79 Å². The molecule has 0 aromatic heterocycles. The van der Waals surface area contributed by atoms with E-state index in [0.717, 1.165) is 19.6 Å². The lowest BCUT2D eigenvalue weighted by molar-refractivity contribution is -0.142. The van der Waals surface area contributed by atoms with Crippen LogP contribution in [0.4, 0.5) is 0 Å². The van der Waals surface area contributed by atoms with Crippen molar-refractivity contribution in [1.82, 2.24) is 0 Å². The molecule has 1 aliphatic heterocycles. The number of carbonyl (C=O) groups is 1. The van der Waals surface area contributed by atoms with E-state index in [1.165, 1.54) is 6.92 Å². The number of hydrogen-bond donors (Lipinski definition) is 0. The van der Waals surface area contributed by atoms with Gasteiger partial charge in [0.25, 0.3) is 0 Å². The van der Waals surface area contributed by atoms with E-state index in [2.05, 4.69) is 0 Å². The van der Waals surface area contributed by atoms with Crippen molar-refractivity contribution in [1.29, 1.82) is 0 Å². The zero-order chi connectivity index (χ0) is 7.40. The molecule has 1 atom stereocenters. The van der Waals surface area contributed by atoms with Crippen LogP contribution in [0, 0.1) is 5.92 Å². The highest BCUT2D eigenvalue weighted by atomic mass is 16.5. The molecule has 0 N–H and O–H groups in total. The summed E-state index contributed by atoms with van der Waals surface area (Å²) < 4.78 is 9.90. The lowest BCUT2D eigenvalue weighted by Gasteiger charge is -2.05. The summed E-state index contributed by atoms with van der Waals surface area (Å²) in [5, 5.41) is 0. The molecule has 1 fully saturated rings. The number of rotatable bonds is 2. The molecule has 1 saturated heterocycles. The van der Waals surface area contributed by atoms with Crippen LogP contribution in [0.15, 0.2) is 0 Å². The van der Waals surface area contributed by atoms with Crippen molar-refractivity contribution in [2.75, 3.05) is 19.8 Å². The van der Waals surface area contributed by atoms with Gasteiger partial charge < -0.3 is 9.47 Å². The minimum atomic E-state index is -0.202. The van der Waals surface area contributed by atoms with Crippen LogP contribution in [-0.4, -0.2) is 25.8 Å². The van der Waals surface area contributed by atoms with Gasteiger partial charge in [0.2, 0.25) is 0 Å². The molecule has 10 heavy (non-hydrogen) atoms.